The quantitative estimate of drug-likeness (QED) is 0.485. The van der Waals surface area contributed by atoms with Crippen LogP contribution in [0.3, 0.4) is 0 Å². The molecular weight excluding hydrogens is 273 g/mol. The molecule has 0 fully saturated rings. The van der Waals surface area contributed by atoms with E-state index in [2.05, 4.69) is 10.3 Å². The normalized spacial score (nSPS) is 10.3. The van der Waals surface area contributed by atoms with E-state index in [9.17, 15) is 0 Å². The molecule has 5 nitrogen and oxygen atoms in total. The molecule has 0 spiro atoms. The topological polar surface area (TPSA) is 49.2 Å². The van der Waals surface area contributed by atoms with Crippen LogP contribution in [-0.4, -0.2) is 28.7 Å². The number of para-hydroxylation sites is 2. The van der Waals surface area contributed by atoms with Crippen LogP contribution in [0.2, 0.25) is 0 Å². The molecular formula is C16H16LiN3O2. The molecule has 108 valence electrons. The van der Waals surface area contributed by atoms with E-state index in [4.69, 9.17) is 9.47 Å². The van der Waals surface area contributed by atoms with Gasteiger partial charge in [0, 0.05) is 17.9 Å². The summed E-state index contributed by atoms with van der Waals surface area (Å²) in [6.45, 7) is 2.47. The average molecular weight is 289 g/mol. The van der Waals surface area contributed by atoms with Gasteiger partial charge in [0.05, 0.1) is 18.9 Å². The Morgan fingerprint density at radius 2 is 1.82 bits per heavy atom. The minimum atomic E-state index is 0. The molecule has 0 unspecified atom stereocenters. The average Bonchev–Trinajstić information content (AvgIpc) is 2.96. The van der Waals surface area contributed by atoms with E-state index in [1.54, 1.807) is 11.8 Å². The van der Waals surface area contributed by atoms with Gasteiger partial charge in [-0.05, 0) is 13.0 Å². The molecule has 0 amide bonds. The molecule has 0 saturated heterocycles. The van der Waals surface area contributed by atoms with Crippen LogP contribution < -0.4 is 23.6 Å². The third kappa shape index (κ3) is 2.97. The molecule has 0 saturated carbocycles. The first-order chi connectivity index (χ1) is 10.3. The second-order valence-electron chi connectivity index (χ2n) is 4.43. The van der Waals surface area contributed by atoms with Crippen molar-refractivity contribution in [2.45, 2.75) is 6.92 Å². The zero-order valence-electron chi connectivity index (χ0n) is 13.0. The van der Waals surface area contributed by atoms with Gasteiger partial charge in [-0.3, -0.25) is 4.68 Å². The number of fused-ring (bicyclic) bond motifs is 1. The maximum absolute atomic E-state index is 5.82. The molecule has 0 aliphatic rings. The third-order valence-electron chi connectivity index (χ3n) is 3.16. The number of aromatic nitrogens is 3. The van der Waals surface area contributed by atoms with Crippen molar-refractivity contribution in [1.29, 1.82) is 0 Å². The van der Waals surface area contributed by atoms with Crippen LogP contribution in [0.15, 0.2) is 48.5 Å². The molecule has 0 aliphatic carbocycles. The van der Waals surface area contributed by atoms with Crippen molar-refractivity contribution in [3.63, 3.8) is 0 Å². The van der Waals surface area contributed by atoms with E-state index in [1.807, 2.05) is 55.5 Å². The summed E-state index contributed by atoms with van der Waals surface area (Å²) in [5, 5.41) is 8.39. The van der Waals surface area contributed by atoms with Gasteiger partial charge in [-0.1, -0.05) is 41.1 Å². The second kappa shape index (κ2) is 7.37. The van der Waals surface area contributed by atoms with E-state index in [-0.39, 0.29) is 18.9 Å². The zero-order chi connectivity index (χ0) is 14.7. The molecule has 22 heavy (non-hydrogen) atoms. The standard InChI is InChI=1S/C16H16N3O2.Li/c1-3-21-16(12-8-4-7-11-15(12)20-2)19-14-10-6-5-9-13(14)17-18-19;/h4-11H,3H2,1-2H3;/q-1;+1. The Kier molecular flexibility index (Phi) is 5.50. The van der Waals surface area contributed by atoms with Crippen molar-refractivity contribution >= 4 is 11.0 Å². The monoisotopic (exact) mass is 289 g/mol. The molecule has 0 aliphatic heterocycles. The van der Waals surface area contributed by atoms with E-state index >= 15 is 0 Å². The molecule has 0 bridgehead atoms. The molecule has 3 rings (SSSR count). The third-order valence-corrected chi connectivity index (χ3v) is 3.16. The predicted octanol–water partition coefficient (Wildman–Crippen LogP) is -0.134. The van der Waals surface area contributed by atoms with Crippen LogP contribution in [0.4, 0.5) is 0 Å². The van der Waals surface area contributed by atoms with Crippen molar-refractivity contribution in [2.24, 2.45) is 0 Å². The fourth-order valence-corrected chi connectivity index (χ4v) is 2.23. The number of ether oxygens (including phenoxy) is 2. The van der Waals surface area contributed by atoms with Gasteiger partial charge in [-0.15, -0.1) is 17.2 Å². The van der Waals surface area contributed by atoms with Crippen LogP contribution in [0.5, 0.6) is 5.75 Å². The number of benzene rings is 2. The first-order valence-corrected chi connectivity index (χ1v) is 6.79. The molecule has 6 heteroatoms. The Morgan fingerprint density at radius 1 is 1.09 bits per heavy atom. The first-order valence-electron chi connectivity index (χ1n) is 6.79. The maximum atomic E-state index is 5.82. The smallest absolute Gasteiger partial charge is 0.539 e. The number of methoxy groups -OCH3 is 1. The Balaban J connectivity index is 0.00000176. The molecule has 2 aromatic carbocycles. The molecule has 1 aromatic heterocycles. The SMILES string of the molecule is CCO[C-](c1ccccc1OC)n1nnc2ccccc21.[Li+]. The Labute approximate surface area is 141 Å². The summed E-state index contributed by atoms with van der Waals surface area (Å²) in [5.41, 5.74) is 2.56. The van der Waals surface area contributed by atoms with Gasteiger partial charge in [-0.25, -0.2) is 0 Å². The van der Waals surface area contributed by atoms with E-state index in [0.717, 1.165) is 22.3 Å². The summed E-state index contributed by atoms with van der Waals surface area (Å²) >= 11 is 0. The van der Waals surface area contributed by atoms with E-state index < -0.39 is 0 Å². The second-order valence-corrected chi connectivity index (χ2v) is 4.43. The van der Waals surface area contributed by atoms with E-state index in [0.29, 0.717) is 12.8 Å². The van der Waals surface area contributed by atoms with Crippen molar-refractivity contribution in [3.05, 3.63) is 60.3 Å². The fraction of sp³-hybridized carbons (Fsp3) is 0.188. The van der Waals surface area contributed by atoms with Crippen molar-refractivity contribution in [3.8, 4) is 5.75 Å². The van der Waals surface area contributed by atoms with Crippen molar-refractivity contribution in [2.75, 3.05) is 13.7 Å². The van der Waals surface area contributed by atoms with Gasteiger partial charge in [0.25, 0.3) is 0 Å². The zero-order valence-corrected chi connectivity index (χ0v) is 13.0. The Hall–Kier alpha value is -1.93. The molecule has 3 aromatic rings. The summed E-state index contributed by atoms with van der Waals surface area (Å²) in [7, 11) is 1.64. The van der Waals surface area contributed by atoms with Crippen LogP contribution in [0.1, 0.15) is 12.5 Å². The van der Waals surface area contributed by atoms with Gasteiger partial charge < -0.3 is 9.47 Å². The first kappa shape index (κ1) is 16.4. The summed E-state index contributed by atoms with van der Waals surface area (Å²) < 4.78 is 12.9. The maximum Gasteiger partial charge on any atom is 1.00 e. The van der Waals surface area contributed by atoms with Crippen LogP contribution in [0.25, 0.3) is 11.0 Å². The Bertz CT molecular complexity index is 745. The van der Waals surface area contributed by atoms with Gasteiger partial charge in [0.15, 0.2) is 0 Å². The van der Waals surface area contributed by atoms with Crippen LogP contribution in [-0.2, 0) is 4.74 Å². The van der Waals surface area contributed by atoms with Gasteiger partial charge in [0.1, 0.15) is 0 Å². The van der Waals surface area contributed by atoms with Crippen molar-refractivity contribution in [1.82, 2.24) is 15.0 Å². The minimum Gasteiger partial charge on any atom is -0.539 e. The number of hydrogen-bond acceptors (Lipinski definition) is 4. The van der Waals surface area contributed by atoms with Gasteiger partial charge >= 0.3 is 18.9 Å². The van der Waals surface area contributed by atoms with Gasteiger partial charge in [-0.2, -0.15) is 0 Å². The fourth-order valence-electron chi connectivity index (χ4n) is 2.23. The number of rotatable bonds is 5. The Morgan fingerprint density at radius 3 is 2.59 bits per heavy atom. The molecule has 0 atom stereocenters. The number of hydrogen-bond donors (Lipinski definition) is 0. The molecule has 0 radical (unpaired) electrons. The minimum absolute atomic E-state index is 0. The van der Waals surface area contributed by atoms with Crippen LogP contribution >= 0.6 is 0 Å². The van der Waals surface area contributed by atoms with Crippen LogP contribution in [0, 0.1) is 6.23 Å². The molecule has 1 heterocycles. The van der Waals surface area contributed by atoms with E-state index in [1.165, 1.54) is 0 Å². The van der Waals surface area contributed by atoms with Gasteiger partial charge in [0.2, 0.25) is 0 Å². The summed E-state index contributed by atoms with van der Waals surface area (Å²) in [6, 6.07) is 15.5. The summed E-state index contributed by atoms with van der Waals surface area (Å²) in [4.78, 5) is 0. The number of nitrogens with zero attached hydrogens (tertiary/aromatic N) is 3. The largest absolute Gasteiger partial charge is 1.00 e. The summed E-state index contributed by atoms with van der Waals surface area (Å²) in [5.74, 6) is 0.737. The molecule has 0 N–H and O–H groups in total. The summed E-state index contributed by atoms with van der Waals surface area (Å²) in [6.07, 6.45) is 0.614. The van der Waals surface area contributed by atoms with Crippen molar-refractivity contribution < 1.29 is 28.3 Å². The predicted molar refractivity (Wildman–Crippen MR) is 79.9 cm³/mol.